The molecule has 2 aliphatic rings. The van der Waals surface area contributed by atoms with Gasteiger partial charge in [0.05, 0.1) is 5.71 Å². The van der Waals surface area contributed by atoms with E-state index in [9.17, 15) is 4.79 Å². The number of rotatable bonds is 5. The largest absolute Gasteiger partial charge is 0.486 e. The molecule has 1 saturated heterocycles. The summed E-state index contributed by atoms with van der Waals surface area (Å²) < 4.78 is 11.1. The van der Waals surface area contributed by atoms with Gasteiger partial charge in [-0.25, -0.2) is 0 Å². The second kappa shape index (κ2) is 8.86. The molecule has 0 unspecified atom stereocenters. The standard InChI is InChI=1S/C22H25N3O4/c1-17(18-7-8-20-21(15-18)28-14-13-27-20)23-29-16-22(26)25-11-9-24(10-12-25)19-5-3-2-4-6-19/h2-8,15H,9-14,16H2,1H3/b23-17-. The number of amides is 1. The van der Waals surface area contributed by atoms with Crippen LogP contribution in [-0.4, -0.2) is 62.5 Å². The zero-order valence-electron chi connectivity index (χ0n) is 16.5. The van der Waals surface area contributed by atoms with Crippen LogP contribution in [0.5, 0.6) is 11.5 Å². The number of carbonyl (C=O) groups is 1. The number of ether oxygens (including phenoxy) is 2. The lowest BCUT2D eigenvalue weighted by molar-refractivity contribution is -0.136. The van der Waals surface area contributed by atoms with E-state index in [-0.39, 0.29) is 12.5 Å². The first-order valence-electron chi connectivity index (χ1n) is 9.85. The number of para-hydroxylation sites is 1. The highest BCUT2D eigenvalue weighted by atomic mass is 16.6. The molecule has 0 radical (unpaired) electrons. The molecule has 2 heterocycles. The fraction of sp³-hybridized carbons (Fsp3) is 0.364. The van der Waals surface area contributed by atoms with Gasteiger partial charge in [-0.1, -0.05) is 23.4 Å². The Labute approximate surface area is 170 Å². The van der Waals surface area contributed by atoms with Crippen molar-refractivity contribution < 1.29 is 19.1 Å². The molecule has 0 N–H and O–H groups in total. The monoisotopic (exact) mass is 395 g/mol. The number of benzene rings is 2. The van der Waals surface area contributed by atoms with Crippen LogP contribution in [-0.2, 0) is 9.63 Å². The summed E-state index contributed by atoms with van der Waals surface area (Å²) in [5, 5.41) is 4.10. The molecule has 1 amide bonds. The van der Waals surface area contributed by atoms with E-state index in [4.69, 9.17) is 14.3 Å². The van der Waals surface area contributed by atoms with Crippen molar-refractivity contribution in [1.82, 2.24) is 4.90 Å². The Kier molecular flexibility index (Phi) is 5.84. The molecule has 152 valence electrons. The van der Waals surface area contributed by atoms with Gasteiger partial charge in [0.25, 0.3) is 5.91 Å². The van der Waals surface area contributed by atoms with E-state index in [1.165, 1.54) is 5.69 Å². The second-order valence-electron chi connectivity index (χ2n) is 7.01. The smallest absolute Gasteiger partial charge is 0.263 e. The van der Waals surface area contributed by atoms with Gasteiger partial charge in [-0.3, -0.25) is 4.79 Å². The second-order valence-corrected chi connectivity index (χ2v) is 7.01. The first kappa shape index (κ1) is 19.1. The molecule has 0 aromatic heterocycles. The van der Waals surface area contributed by atoms with Crippen molar-refractivity contribution in [2.24, 2.45) is 5.16 Å². The van der Waals surface area contributed by atoms with Gasteiger partial charge in [0.1, 0.15) is 13.2 Å². The molecule has 29 heavy (non-hydrogen) atoms. The maximum Gasteiger partial charge on any atom is 0.263 e. The Morgan fingerprint density at radius 1 is 1.00 bits per heavy atom. The maximum absolute atomic E-state index is 12.4. The van der Waals surface area contributed by atoms with Crippen LogP contribution in [0.2, 0.25) is 0 Å². The predicted molar refractivity (Wildman–Crippen MR) is 111 cm³/mol. The molecule has 0 spiro atoms. The van der Waals surface area contributed by atoms with Crippen LogP contribution in [0.25, 0.3) is 0 Å². The number of fused-ring (bicyclic) bond motifs is 1. The third-order valence-electron chi connectivity index (χ3n) is 5.10. The van der Waals surface area contributed by atoms with Crippen molar-refractivity contribution in [3.63, 3.8) is 0 Å². The Morgan fingerprint density at radius 3 is 2.48 bits per heavy atom. The minimum Gasteiger partial charge on any atom is -0.486 e. The topological polar surface area (TPSA) is 63.6 Å². The van der Waals surface area contributed by atoms with E-state index in [1.54, 1.807) is 0 Å². The SMILES string of the molecule is C/C(=N/OCC(=O)N1CCN(c2ccccc2)CC1)c1ccc2c(c1)OCCO2. The Hall–Kier alpha value is -3.22. The highest BCUT2D eigenvalue weighted by Gasteiger charge is 2.21. The summed E-state index contributed by atoms with van der Waals surface area (Å²) >= 11 is 0. The van der Waals surface area contributed by atoms with Crippen LogP contribution in [0.15, 0.2) is 53.7 Å². The molecule has 4 rings (SSSR count). The van der Waals surface area contributed by atoms with Crippen molar-refractivity contribution in [2.75, 3.05) is 50.9 Å². The number of nitrogens with zero attached hydrogens (tertiary/aromatic N) is 3. The molecule has 1 fully saturated rings. The summed E-state index contributed by atoms with van der Waals surface area (Å²) in [6, 6.07) is 15.9. The number of oxime groups is 1. The van der Waals surface area contributed by atoms with Crippen LogP contribution in [0.4, 0.5) is 5.69 Å². The summed E-state index contributed by atoms with van der Waals surface area (Å²) in [6.07, 6.45) is 0. The molecule has 2 aliphatic heterocycles. The van der Waals surface area contributed by atoms with Gasteiger partial charge in [-0.05, 0) is 37.3 Å². The van der Waals surface area contributed by atoms with Gasteiger partial charge in [0.2, 0.25) is 0 Å². The Morgan fingerprint density at radius 2 is 1.72 bits per heavy atom. The lowest BCUT2D eigenvalue weighted by Gasteiger charge is -2.35. The van der Waals surface area contributed by atoms with E-state index in [2.05, 4.69) is 22.2 Å². The summed E-state index contributed by atoms with van der Waals surface area (Å²) in [6.45, 7) is 5.87. The van der Waals surface area contributed by atoms with Crippen molar-refractivity contribution in [3.8, 4) is 11.5 Å². The van der Waals surface area contributed by atoms with Crippen molar-refractivity contribution in [1.29, 1.82) is 0 Å². The van der Waals surface area contributed by atoms with Crippen LogP contribution in [0.1, 0.15) is 12.5 Å². The zero-order valence-corrected chi connectivity index (χ0v) is 16.5. The lowest BCUT2D eigenvalue weighted by atomic mass is 10.1. The average molecular weight is 395 g/mol. The van der Waals surface area contributed by atoms with Crippen molar-refractivity contribution in [3.05, 3.63) is 54.1 Å². The molecule has 0 bridgehead atoms. The number of piperazine rings is 1. The minimum absolute atomic E-state index is 0.0450. The predicted octanol–water partition coefficient (Wildman–Crippen LogP) is 2.55. The van der Waals surface area contributed by atoms with Crippen LogP contribution in [0.3, 0.4) is 0 Å². The third kappa shape index (κ3) is 4.62. The van der Waals surface area contributed by atoms with Crippen LogP contribution >= 0.6 is 0 Å². The first-order chi connectivity index (χ1) is 14.2. The summed E-state index contributed by atoms with van der Waals surface area (Å²) in [5.41, 5.74) is 2.75. The number of hydrogen-bond donors (Lipinski definition) is 0. The fourth-order valence-corrected chi connectivity index (χ4v) is 3.45. The zero-order chi connectivity index (χ0) is 20.1. The number of hydrogen-bond acceptors (Lipinski definition) is 6. The summed E-state index contributed by atoms with van der Waals surface area (Å²) in [5.74, 6) is 1.39. The van der Waals surface area contributed by atoms with E-state index < -0.39 is 0 Å². The lowest BCUT2D eigenvalue weighted by Crippen LogP contribution is -2.49. The highest BCUT2D eigenvalue weighted by Crippen LogP contribution is 2.30. The molecule has 7 nitrogen and oxygen atoms in total. The normalized spacial score (nSPS) is 16.5. The Bertz CT molecular complexity index is 877. The number of carbonyl (C=O) groups excluding carboxylic acids is 1. The molecule has 0 saturated carbocycles. The van der Waals surface area contributed by atoms with Crippen molar-refractivity contribution >= 4 is 17.3 Å². The third-order valence-corrected chi connectivity index (χ3v) is 5.10. The summed E-state index contributed by atoms with van der Waals surface area (Å²) in [4.78, 5) is 21.9. The van der Waals surface area contributed by atoms with Gasteiger partial charge < -0.3 is 24.1 Å². The van der Waals surface area contributed by atoms with Gasteiger partial charge in [-0.2, -0.15) is 0 Å². The van der Waals surface area contributed by atoms with Gasteiger partial charge in [0, 0.05) is 37.4 Å². The molecular weight excluding hydrogens is 370 g/mol. The molecule has 7 heteroatoms. The van der Waals surface area contributed by atoms with E-state index in [0.717, 1.165) is 24.4 Å². The molecule has 2 aromatic carbocycles. The van der Waals surface area contributed by atoms with E-state index in [0.29, 0.717) is 37.8 Å². The average Bonchev–Trinajstić information content (AvgIpc) is 2.79. The van der Waals surface area contributed by atoms with Gasteiger partial charge >= 0.3 is 0 Å². The maximum atomic E-state index is 12.4. The van der Waals surface area contributed by atoms with Gasteiger partial charge in [0.15, 0.2) is 18.1 Å². The van der Waals surface area contributed by atoms with Crippen LogP contribution in [0, 0.1) is 0 Å². The molecule has 0 atom stereocenters. The molecule has 0 aliphatic carbocycles. The van der Waals surface area contributed by atoms with E-state index >= 15 is 0 Å². The molecular formula is C22H25N3O4. The van der Waals surface area contributed by atoms with Crippen LogP contribution < -0.4 is 14.4 Å². The fourth-order valence-electron chi connectivity index (χ4n) is 3.45. The summed E-state index contributed by atoms with van der Waals surface area (Å²) in [7, 11) is 0. The van der Waals surface area contributed by atoms with Gasteiger partial charge in [-0.15, -0.1) is 0 Å². The first-order valence-corrected chi connectivity index (χ1v) is 9.85. The van der Waals surface area contributed by atoms with E-state index in [1.807, 2.05) is 48.2 Å². The highest BCUT2D eigenvalue weighted by molar-refractivity contribution is 5.99. The quantitative estimate of drug-likeness (QED) is 0.575. The molecule has 2 aromatic rings. The van der Waals surface area contributed by atoms with Crippen molar-refractivity contribution in [2.45, 2.75) is 6.92 Å². The number of anilines is 1. The minimum atomic E-state index is -0.0623. The Balaban J connectivity index is 1.26.